The number of hydrogen-bond acceptors (Lipinski definition) is 9. The van der Waals surface area contributed by atoms with Gasteiger partial charge in [0.25, 0.3) is 0 Å². The molecule has 0 radical (unpaired) electrons. The molecule has 3 aromatic rings. The van der Waals surface area contributed by atoms with Gasteiger partial charge in [0.15, 0.2) is 0 Å². The second-order valence-corrected chi connectivity index (χ2v) is 7.42. The van der Waals surface area contributed by atoms with Gasteiger partial charge in [-0.1, -0.05) is 30.3 Å². The molecule has 11 nitrogen and oxygen atoms in total. The molecule has 2 atom stereocenters. The van der Waals surface area contributed by atoms with Gasteiger partial charge in [-0.15, -0.1) is 0 Å². The van der Waals surface area contributed by atoms with Crippen molar-refractivity contribution in [3.63, 3.8) is 0 Å². The predicted octanol–water partition coefficient (Wildman–Crippen LogP) is 1.05. The van der Waals surface area contributed by atoms with Crippen molar-refractivity contribution in [3.05, 3.63) is 54.0 Å². The molecule has 36 heavy (non-hydrogen) atoms. The van der Waals surface area contributed by atoms with Gasteiger partial charge >= 0.3 is 12.1 Å². The Balaban J connectivity index is 0.000000572. The van der Waals surface area contributed by atoms with Crippen LogP contribution in [0.1, 0.15) is 11.1 Å². The zero-order valence-electron chi connectivity index (χ0n) is 19.2. The highest BCUT2D eigenvalue weighted by molar-refractivity contribution is 5.83. The molecule has 0 aliphatic rings. The molecule has 2 heterocycles. The Labute approximate surface area is 203 Å². The molecular weight excluding hydrogens is 489 g/mol. The molecular formula is C22H27F3N4O7. The van der Waals surface area contributed by atoms with Crippen LogP contribution in [-0.2, 0) is 29.4 Å². The lowest BCUT2D eigenvalue weighted by Crippen LogP contribution is -2.38. The quantitative estimate of drug-likeness (QED) is 0.249. The summed E-state index contributed by atoms with van der Waals surface area (Å²) in [5.41, 5.74) is 3.38. The Morgan fingerprint density at radius 3 is 2.42 bits per heavy atom. The number of rotatable bonds is 11. The van der Waals surface area contributed by atoms with E-state index in [2.05, 4.69) is 15.3 Å². The molecule has 0 saturated carbocycles. The number of methoxy groups -OCH3 is 1. The van der Waals surface area contributed by atoms with Crippen LogP contribution < -0.4 is 10.1 Å². The van der Waals surface area contributed by atoms with Crippen molar-refractivity contribution in [2.24, 2.45) is 0 Å². The zero-order valence-corrected chi connectivity index (χ0v) is 19.2. The van der Waals surface area contributed by atoms with E-state index in [0.29, 0.717) is 31.3 Å². The molecule has 1 aromatic carbocycles. The Hall–Kier alpha value is -3.30. The van der Waals surface area contributed by atoms with Gasteiger partial charge in [-0.3, -0.25) is 0 Å². The van der Waals surface area contributed by atoms with E-state index in [0.717, 1.165) is 16.6 Å². The third kappa shape index (κ3) is 8.42. The average molecular weight is 516 g/mol. The van der Waals surface area contributed by atoms with Crippen molar-refractivity contribution in [1.29, 1.82) is 0 Å². The Kier molecular flexibility index (Phi) is 11.0. The second kappa shape index (κ2) is 13.7. The summed E-state index contributed by atoms with van der Waals surface area (Å²) in [6, 6.07) is 9.89. The molecule has 198 valence electrons. The first-order chi connectivity index (χ1) is 17.1. The van der Waals surface area contributed by atoms with E-state index in [9.17, 15) is 23.4 Å². The Morgan fingerprint density at radius 1 is 1.17 bits per heavy atom. The first kappa shape index (κ1) is 28.9. The van der Waals surface area contributed by atoms with Crippen LogP contribution in [0.25, 0.3) is 11.0 Å². The molecule has 0 saturated heterocycles. The van der Waals surface area contributed by atoms with Gasteiger partial charge in [-0.25, -0.2) is 9.78 Å². The number of alkyl halides is 3. The third-order valence-corrected chi connectivity index (χ3v) is 4.77. The largest absolute Gasteiger partial charge is 0.490 e. The molecule has 3 rings (SSSR count). The van der Waals surface area contributed by atoms with E-state index in [1.165, 1.54) is 6.33 Å². The summed E-state index contributed by atoms with van der Waals surface area (Å²) >= 11 is 0. The van der Waals surface area contributed by atoms with Crippen molar-refractivity contribution in [2.45, 2.75) is 38.3 Å². The molecule has 0 fully saturated rings. The summed E-state index contributed by atoms with van der Waals surface area (Å²) in [7, 11) is 1.55. The van der Waals surface area contributed by atoms with Crippen molar-refractivity contribution in [2.75, 3.05) is 20.3 Å². The van der Waals surface area contributed by atoms with Crippen LogP contribution in [0.5, 0.6) is 5.88 Å². The third-order valence-electron chi connectivity index (χ3n) is 4.77. The van der Waals surface area contributed by atoms with Crippen LogP contribution in [0.15, 0.2) is 42.9 Å². The van der Waals surface area contributed by atoms with Crippen LogP contribution >= 0.6 is 0 Å². The standard InChI is InChI=1S/C20H26N4O5.C2HF3O2/c1-28-20-19-18(22-12-23-20)15(7-21-8-16(26)17(27)10-25)9-24(19)13-29-11-14-5-3-2-4-6-14;3-2(4,5)1(6)7/h2-6,9,12,16-17,21,25-27H,7-8,10-11,13H2,1H3;(H,6,7)/t16-,17-;/m0./s1. The topological polar surface area (TPSA) is 159 Å². The fourth-order valence-electron chi connectivity index (χ4n) is 3.00. The summed E-state index contributed by atoms with van der Waals surface area (Å²) in [6.07, 6.45) is -4.00. The molecule has 5 N–H and O–H groups in total. The zero-order chi connectivity index (χ0) is 26.7. The van der Waals surface area contributed by atoms with E-state index in [-0.39, 0.29) is 6.54 Å². The van der Waals surface area contributed by atoms with Crippen LogP contribution in [0.4, 0.5) is 13.2 Å². The van der Waals surface area contributed by atoms with Crippen LogP contribution in [0, 0.1) is 0 Å². The minimum Gasteiger partial charge on any atom is -0.479 e. The van der Waals surface area contributed by atoms with Crippen LogP contribution in [0.3, 0.4) is 0 Å². The van der Waals surface area contributed by atoms with Crippen molar-refractivity contribution in [3.8, 4) is 5.88 Å². The number of nitrogens with one attached hydrogen (secondary N) is 1. The monoisotopic (exact) mass is 516 g/mol. The summed E-state index contributed by atoms with van der Waals surface area (Å²) in [5.74, 6) is -2.31. The van der Waals surface area contributed by atoms with Crippen LogP contribution in [0.2, 0.25) is 0 Å². The van der Waals surface area contributed by atoms with Crippen molar-refractivity contribution in [1.82, 2.24) is 19.9 Å². The van der Waals surface area contributed by atoms with E-state index in [1.807, 2.05) is 41.1 Å². The number of fused-ring (bicyclic) bond motifs is 1. The number of aromatic nitrogens is 3. The first-order valence-electron chi connectivity index (χ1n) is 10.5. The number of aliphatic hydroxyl groups is 3. The lowest BCUT2D eigenvalue weighted by molar-refractivity contribution is -0.192. The molecule has 2 aromatic heterocycles. The maximum absolute atomic E-state index is 10.6. The summed E-state index contributed by atoms with van der Waals surface area (Å²) < 4.78 is 44.9. The van der Waals surface area contributed by atoms with Gasteiger partial charge in [-0.2, -0.15) is 18.2 Å². The molecule has 0 aliphatic carbocycles. The number of ether oxygens (including phenoxy) is 2. The van der Waals surface area contributed by atoms with Gasteiger partial charge < -0.3 is 39.8 Å². The number of nitrogens with zero attached hydrogens (tertiary/aromatic N) is 3. The molecule has 0 spiro atoms. The lowest BCUT2D eigenvalue weighted by atomic mass is 10.2. The van der Waals surface area contributed by atoms with Gasteiger partial charge in [0.05, 0.1) is 26.4 Å². The number of halogens is 3. The fourth-order valence-corrected chi connectivity index (χ4v) is 3.00. The number of carboxylic acid groups (broad SMARTS) is 1. The Bertz CT molecular complexity index is 1100. The van der Waals surface area contributed by atoms with E-state index >= 15 is 0 Å². The molecule has 0 bridgehead atoms. The molecule has 0 unspecified atom stereocenters. The smallest absolute Gasteiger partial charge is 0.479 e. The predicted molar refractivity (Wildman–Crippen MR) is 120 cm³/mol. The van der Waals surface area contributed by atoms with Crippen molar-refractivity contribution < 1.29 is 47.9 Å². The van der Waals surface area contributed by atoms with E-state index in [4.69, 9.17) is 24.5 Å². The number of carbonyl (C=O) groups is 1. The molecule has 0 aliphatic heterocycles. The van der Waals surface area contributed by atoms with Gasteiger partial charge in [-0.05, 0) is 5.56 Å². The summed E-state index contributed by atoms with van der Waals surface area (Å²) in [6.45, 7) is 0.792. The van der Waals surface area contributed by atoms with Gasteiger partial charge in [0.1, 0.15) is 30.2 Å². The average Bonchev–Trinajstić information content (AvgIpc) is 3.21. The molecule has 14 heteroatoms. The normalized spacial score (nSPS) is 13.1. The minimum atomic E-state index is -5.08. The number of benzene rings is 1. The second-order valence-electron chi connectivity index (χ2n) is 7.42. The summed E-state index contributed by atoms with van der Waals surface area (Å²) in [4.78, 5) is 17.4. The highest BCUT2D eigenvalue weighted by atomic mass is 19.4. The van der Waals surface area contributed by atoms with Crippen molar-refractivity contribution >= 4 is 17.0 Å². The maximum Gasteiger partial charge on any atom is 0.490 e. The Morgan fingerprint density at radius 2 is 1.83 bits per heavy atom. The van der Waals surface area contributed by atoms with E-state index in [1.54, 1.807) is 7.11 Å². The molecule has 0 amide bonds. The SMILES string of the molecule is COc1ncnc2c(CNC[C@H](O)[C@@H](O)CO)cn(COCc3ccccc3)c12.O=C(O)C(F)(F)F. The number of aliphatic carboxylic acids is 1. The highest BCUT2D eigenvalue weighted by Gasteiger charge is 2.38. The number of aliphatic hydroxyl groups excluding tert-OH is 3. The highest BCUT2D eigenvalue weighted by Crippen LogP contribution is 2.26. The first-order valence-corrected chi connectivity index (χ1v) is 10.5. The van der Waals surface area contributed by atoms with Gasteiger partial charge in [0.2, 0.25) is 5.88 Å². The minimum absolute atomic E-state index is 0.126. The number of carboxylic acids is 1. The number of hydrogen-bond donors (Lipinski definition) is 5. The summed E-state index contributed by atoms with van der Waals surface area (Å²) in [5, 5.41) is 38.3. The lowest BCUT2D eigenvalue weighted by Gasteiger charge is -2.15. The maximum atomic E-state index is 10.6. The fraction of sp³-hybridized carbons (Fsp3) is 0.409. The van der Waals surface area contributed by atoms with Crippen LogP contribution in [-0.4, -0.2) is 79.6 Å². The van der Waals surface area contributed by atoms with E-state index < -0.39 is 31.0 Å². The van der Waals surface area contributed by atoms with Gasteiger partial charge in [0, 0.05) is 24.8 Å².